The molecule has 4 aliphatic rings. The largest absolute Gasteiger partial charge is 0.493 e. The number of hydrogen-bond acceptors (Lipinski definition) is 6. The first-order valence-corrected chi connectivity index (χ1v) is 13.3. The Morgan fingerprint density at radius 2 is 1.94 bits per heavy atom. The predicted octanol–water partition coefficient (Wildman–Crippen LogP) is 2.76. The molecule has 1 N–H and O–H groups in total. The van der Waals surface area contributed by atoms with Crippen LogP contribution in [0.2, 0.25) is 0 Å². The highest BCUT2D eigenvalue weighted by molar-refractivity contribution is 5.86. The fourth-order valence-electron chi connectivity index (χ4n) is 6.38. The zero-order chi connectivity index (χ0) is 24.2. The molecule has 0 aliphatic carbocycles. The van der Waals surface area contributed by atoms with E-state index in [0.29, 0.717) is 50.9 Å². The van der Waals surface area contributed by atoms with E-state index in [2.05, 4.69) is 22.3 Å². The number of fused-ring (bicyclic) bond motifs is 8. The predicted molar refractivity (Wildman–Crippen MR) is 131 cm³/mol. The fraction of sp³-hybridized carbons (Fsp3) is 0.704. The van der Waals surface area contributed by atoms with Crippen LogP contribution >= 0.6 is 0 Å². The highest BCUT2D eigenvalue weighted by atomic mass is 16.5. The van der Waals surface area contributed by atoms with Gasteiger partial charge in [0.25, 0.3) is 0 Å². The van der Waals surface area contributed by atoms with Crippen molar-refractivity contribution in [3.63, 3.8) is 0 Å². The van der Waals surface area contributed by atoms with Crippen molar-refractivity contribution in [2.45, 2.75) is 57.0 Å². The van der Waals surface area contributed by atoms with E-state index in [9.17, 15) is 9.59 Å². The summed E-state index contributed by atoms with van der Waals surface area (Å²) in [6.07, 6.45) is 6.43. The standard InChI is InChI=1S/C27H39N3O5/c1-33-24-7-6-20-16-25(24)35-12-3-2-10-29(27(32)19-8-13-34-14-9-19)18-26(31)28-17-21-15-23(20)30-11-4-5-22(21)30/h6-7,16,19,21-23H,2-5,8-15,17-18H2,1H3,(H,28,31)/t21-,22+,23-/m1/s1. The third-order valence-electron chi connectivity index (χ3n) is 8.24. The van der Waals surface area contributed by atoms with Gasteiger partial charge in [-0.25, -0.2) is 0 Å². The van der Waals surface area contributed by atoms with Gasteiger partial charge in [0.15, 0.2) is 11.5 Å². The molecule has 3 fully saturated rings. The first kappa shape index (κ1) is 24.4. The third kappa shape index (κ3) is 5.43. The van der Waals surface area contributed by atoms with Crippen molar-refractivity contribution >= 4 is 11.8 Å². The smallest absolute Gasteiger partial charge is 0.239 e. The lowest BCUT2D eigenvalue weighted by atomic mass is 9.94. The Labute approximate surface area is 208 Å². The number of benzene rings is 1. The van der Waals surface area contributed by atoms with E-state index in [1.807, 2.05) is 6.07 Å². The first-order chi connectivity index (χ1) is 17.1. The summed E-state index contributed by atoms with van der Waals surface area (Å²) in [7, 11) is 1.68. The zero-order valence-electron chi connectivity index (χ0n) is 20.9. The van der Waals surface area contributed by atoms with Crippen LogP contribution < -0.4 is 14.8 Å². The summed E-state index contributed by atoms with van der Waals surface area (Å²) in [5, 5.41) is 3.19. The Kier molecular flexibility index (Phi) is 7.78. The molecule has 8 nitrogen and oxygen atoms in total. The van der Waals surface area contributed by atoms with E-state index < -0.39 is 0 Å². The molecule has 0 saturated carbocycles. The van der Waals surface area contributed by atoms with Crippen LogP contribution in [0.25, 0.3) is 0 Å². The van der Waals surface area contributed by atoms with Gasteiger partial charge < -0.3 is 24.4 Å². The maximum Gasteiger partial charge on any atom is 0.239 e. The van der Waals surface area contributed by atoms with Crippen LogP contribution in [0, 0.1) is 11.8 Å². The summed E-state index contributed by atoms with van der Waals surface area (Å²) in [6.45, 7) is 4.23. The van der Waals surface area contributed by atoms with E-state index in [0.717, 1.165) is 50.1 Å². The number of carbonyl (C=O) groups excluding carboxylic acids is 2. The molecule has 0 unspecified atom stereocenters. The molecular weight excluding hydrogens is 446 g/mol. The van der Waals surface area contributed by atoms with E-state index >= 15 is 0 Å². The van der Waals surface area contributed by atoms with Gasteiger partial charge in [-0.05, 0) is 75.1 Å². The molecule has 1 aromatic rings. The van der Waals surface area contributed by atoms with Gasteiger partial charge in [-0.1, -0.05) is 6.07 Å². The van der Waals surface area contributed by atoms with Gasteiger partial charge in [0, 0.05) is 44.3 Å². The molecular formula is C27H39N3O5. The van der Waals surface area contributed by atoms with E-state index in [1.165, 1.54) is 18.4 Å². The number of ether oxygens (including phenoxy) is 3. The summed E-state index contributed by atoms with van der Waals surface area (Å²) in [5.41, 5.74) is 1.27. The van der Waals surface area contributed by atoms with Crippen molar-refractivity contribution in [3.05, 3.63) is 23.8 Å². The summed E-state index contributed by atoms with van der Waals surface area (Å²) in [5.74, 6) is 1.94. The highest BCUT2D eigenvalue weighted by Crippen LogP contribution is 2.46. The van der Waals surface area contributed by atoms with Gasteiger partial charge in [-0.15, -0.1) is 0 Å². The number of nitrogens with zero attached hydrogens (tertiary/aromatic N) is 2. The molecule has 192 valence electrons. The summed E-state index contributed by atoms with van der Waals surface area (Å²) < 4.78 is 17.2. The zero-order valence-corrected chi connectivity index (χ0v) is 20.9. The molecule has 0 spiro atoms. The molecule has 0 radical (unpaired) electrons. The lowest BCUT2D eigenvalue weighted by Gasteiger charge is -2.29. The molecule has 4 heterocycles. The maximum absolute atomic E-state index is 13.3. The van der Waals surface area contributed by atoms with Gasteiger partial charge in [0.2, 0.25) is 11.8 Å². The number of hydrogen-bond donors (Lipinski definition) is 1. The van der Waals surface area contributed by atoms with Gasteiger partial charge in [0.1, 0.15) is 0 Å². The monoisotopic (exact) mass is 485 g/mol. The van der Waals surface area contributed by atoms with Crippen LogP contribution in [-0.2, 0) is 14.3 Å². The fourth-order valence-corrected chi connectivity index (χ4v) is 6.38. The Bertz CT molecular complexity index is 903. The minimum Gasteiger partial charge on any atom is -0.493 e. The molecule has 35 heavy (non-hydrogen) atoms. The Hall–Kier alpha value is -2.32. The quantitative estimate of drug-likeness (QED) is 0.694. The average molecular weight is 486 g/mol. The van der Waals surface area contributed by atoms with Crippen molar-refractivity contribution in [3.8, 4) is 11.5 Å². The third-order valence-corrected chi connectivity index (χ3v) is 8.24. The van der Waals surface area contributed by atoms with Crippen LogP contribution in [0.3, 0.4) is 0 Å². The first-order valence-electron chi connectivity index (χ1n) is 13.3. The van der Waals surface area contributed by atoms with E-state index in [-0.39, 0.29) is 24.3 Å². The molecule has 4 aliphatic heterocycles. The van der Waals surface area contributed by atoms with Crippen LogP contribution in [0.1, 0.15) is 56.6 Å². The number of rotatable bonds is 2. The molecule has 0 aromatic heterocycles. The van der Waals surface area contributed by atoms with Crippen LogP contribution in [0.4, 0.5) is 0 Å². The van der Waals surface area contributed by atoms with Crippen molar-refractivity contribution in [1.82, 2.24) is 15.1 Å². The topological polar surface area (TPSA) is 80.3 Å². The van der Waals surface area contributed by atoms with Crippen molar-refractivity contribution in [1.29, 1.82) is 0 Å². The normalized spacial score (nSPS) is 28.8. The van der Waals surface area contributed by atoms with Crippen molar-refractivity contribution < 1.29 is 23.8 Å². The average Bonchev–Trinajstić information content (AvgIpc) is 3.49. The summed E-state index contributed by atoms with van der Waals surface area (Å²) >= 11 is 0. The van der Waals surface area contributed by atoms with E-state index in [1.54, 1.807) is 12.0 Å². The Morgan fingerprint density at radius 1 is 1.09 bits per heavy atom. The van der Waals surface area contributed by atoms with Crippen LogP contribution in [0.5, 0.6) is 11.5 Å². The number of methoxy groups -OCH3 is 1. The minimum atomic E-state index is -0.0481. The van der Waals surface area contributed by atoms with Crippen molar-refractivity contribution in [2.24, 2.45) is 11.8 Å². The van der Waals surface area contributed by atoms with Crippen molar-refractivity contribution in [2.75, 3.05) is 53.1 Å². The number of nitrogens with one attached hydrogen (secondary N) is 1. The molecule has 1 aromatic carbocycles. The number of amides is 2. The maximum atomic E-state index is 13.3. The van der Waals surface area contributed by atoms with Crippen LogP contribution in [0.15, 0.2) is 18.2 Å². The summed E-state index contributed by atoms with van der Waals surface area (Å²) in [6, 6.07) is 7.14. The van der Waals surface area contributed by atoms with Gasteiger partial charge in [-0.2, -0.15) is 0 Å². The minimum absolute atomic E-state index is 0.0477. The Morgan fingerprint density at radius 3 is 2.77 bits per heavy atom. The van der Waals surface area contributed by atoms with Gasteiger partial charge >= 0.3 is 0 Å². The second-order valence-corrected chi connectivity index (χ2v) is 10.4. The molecule has 3 atom stereocenters. The van der Waals surface area contributed by atoms with E-state index in [4.69, 9.17) is 14.2 Å². The highest BCUT2D eigenvalue weighted by Gasteiger charge is 2.44. The van der Waals surface area contributed by atoms with Crippen LogP contribution in [-0.4, -0.2) is 80.8 Å². The molecule has 8 heteroatoms. The molecule has 4 bridgehead atoms. The SMILES string of the molecule is COc1ccc2cc1OCCCCN(C(=O)C1CCOCC1)CC(=O)NC[C@H]1C[C@H]2N2CCC[C@@H]12. The number of carbonyl (C=O) groups is 2. The second kappa shape index (κ2) is 11.2. The second-order valence-electron chi connectivity index (χ2n) is 10.4. The molecule has 2 amide bonds. The molecule has 3 saturated heterocycles. The summed E-state index contributed by atoms with van der Waals surface area (Å²) in [4.78, 5) is 30.6. The Balaban J connectivity index is 1.35. The van der Waals surface area contributed by atoms with Gasteiger partial charge in [-0.3, -0.25) is 14.5 Å². The lowest BCUT2D eigenvalue weighted by molar-refractivity contribution is -0.142. The lowest BCUT2D eigenvalue weighted by Crippen LogP contribution is -2.46. The van der Waals surface area contributed by atoms with Gasteiger partial charge in [0.05, 0.1) is 20.3 Å². The molecule has 5 rings (SSSR count).